The molecule has 0 bridgehead atoms. The van der Waals surface area contributed by atoms with Crippen LogP contribution in [-0.4, -0.2) is 35.9 Å². The van der Waals surface area contributed by atoms with Crippen LogP contribution >= 0.6 is 0 Å². The largest absolute Gasteiger partial charge is 0.467 e. The third-order valence-corrected chi connectivity index (χ3v) is 5.26. The third-order valence-electron chi connectivity index (χ3n) is 5.26. The minimum atomic E-state index is -0.856. The zero-order valence-electron chi connectivity index (χ0n) is 17.4. The Morgan fingerprint density at radius 1 is 0.871 bits per heavy atom. The summed E-state index contributed by atoms with van der Waals surface area (Å²) in [7, 11) is 2.94. The number of carbonyl (C=O) groups is 2. The summed E-state index contributed by atoms with van der Waals surface area (Å²) in [5, 5.41) is 0.732. The molecule has 1 aromatic heterocycles. The number of pyridine rings is 1. The number of nitrogens with zero attached hydrogens (tertiary/aromatic N) is 2. The molecular formula is C26H22N2O3. The van der Waals surface area contributed by atoms with Crippen molar-refractivity contribution in [3.63, 3.8) is 0 Å². The lowest BCUT2D eigenvalue weighted by molar-refractivity contribution is -0.145. The predicted octanol–water partition coefficient (Wildman–Crippen LogP) is 4.89. The number of benzene rings is 3. The van der Waals surface area contributed by atoms with E-state index in [9.17, 15) is 9.59 Å². The molecule has 0 spiro atoms. The average molecular weight is 410 g/mol. The molecule has 0 saturated carbocycles. The molecule has 1 amide bonds. The zero-order chi connectivity index (χ0) is 21.8. The monoisotopic (exact) mass is 410 g/mol. The highest BCUT2D eigenvalue weighted by molar-refractivity contribution is 6.08. The highest BCUT2D eigenvalue weighted by Crippen LogP contribution is 2.28. The van der Waals surface area contributed by atoms with Crippen LogP contribution in [0.25, 0.3) is 22.2 Å². The van der Waals surface area contributed by atoms with Crippen LogP contribution in [0.15, 0.2) is 91.0 Å². The van der Waals surface area contributed by atoms with E-state index in [1.54, 1.807) is 13.1 Å². The second kappa shape index (κ2) is 8.79. The first kappa shape index (κ1) is 20.3. The van der Waals surface area contributed by atoms with Gasteiger partial charge in [0.05, 0.1) is 23.9 Å². The number of hydrogen-bond donors (Lipinski definition) is 0. The molecule has 0 saturated heterocycles. The Bertz CT molecular complexity index is 1220. The first-order valence-electron chi connectivity index (χ1n) is 9.95. The van der Waals surface area contributed by atoms with Crippen molar-refractivity contribution >= 4 is 22.8 Å². The number of ether oxygens (including phenoxy) is 1. The maximum atomic E-state index is 13.7. The van der Waals surface area contributed by atoms with Gasteiger partial charge in [-0.2, -0.15) is 0 Å². The van der Waals surface area contributed by atoms with Gasteiger partial charge in [-0.1, -0.05) is 78.9 Å². The Kier molecular flexibility index (Phi) is 5.76. The van der Waals surface area contributed by atoms with Crippen molar-refractivity contribution in [3.05, 3.63) is 102 Å². The normalized spacial score (nSPS) is 11.7. The molecular weight excluding hydrogens is 388 g/mol. The lowest BCUT2D eigenvalue weighted by atomic mass is 10.0. The van der Waals surface area contributed by atoms with Crippen molar-refractivity contribution in [2.75, 3.05) is 14.2 Å². The fraction of sp³-hybridized carbons (Fsp3) is 0.115. The standard InChI is InChI=1S/C26H22N2O3/c1-28(24(26(30)31-2)19-13-7-4-8-14-19)25(29)21-17-23(18-11-5-3-6-12-18)27-22-16-10-9-15-20(21)22/h3-17,24H,1-2H3. The van der Waals surface area contributed by atoms with E-state index in [2.05, 4.69) is 0 Å². The maximum absolute atomic E-state index is 13.7. The van der Waals surface area contributed by atoms with E-state index < -0.39 is 12.0 Å². The van der Waals surface area contributed by atoms with Crippen LogP contribution in [0.2, 0.25) is 0 Å². The Morgan fingerprint density at radius 3 is 2.16 bits per heavy atom. The van der Waals surface area contributed by atoms with Gasteiger partial charge >= 0.3 is 5.97 Å². The Hall–Kier alpha value is -3.99. The van der Waals surface area contributed by atoms with Crippen LogP contribution in [0.4, 0.5) is 0 Å². The molecule has 4 rings (SSSR count). The van der Waals surface area contributed by atoms with E-state index in [4.69, 9.17) is 9.72 Å². The van der Waals surface area contributed by atoms with Crippen molar-refractivity contribution in [2.45, 2.75) is 6.04 Å². The van der Waals surface area contributed by atoms with Gasteiger partial charge in [-0.05, 0) is 17.7 Å². The second-order valence-corrected chi connectivity index (χ2v) is 7.19. The van der Waals surface area contributed by atoms with Crippen LogP contribution in [0.3, 0.4) is 0 Å². The van der Waals surface area contributed by atoms with Gasteiger partial charge < -0.3 is 9.64 Å². The molecule has 0 fully saturated rings. The van der Waals surface area contributed by atoms with Crippen molar-refractivity contribution in [1.82, 2.24) is 9.88 Å². The van der Waals surface area contributed by atoms with Gasteiger partial charge in [0.1, 0.15) is 0 Å². The maximum Gasteiger partial charge on any atom is 0.333 e. The number of fused-ring (bicyclic) bond motifs is 1. The second-order valence-electron chi connectivity index (χ2n) is 7.19. The quantitative estimate of drug-likeness (QED) is 0.440. The number of likely N-dealkylation sites (N-methyl/N-ethyl adjacent to an activating group) is 1. The minimum Gasteiger partial charge on any atom is -0.467 e. The number of amides is 1. The number of aromatic nitrogens is 1. The average Bonchev–Trinajstić information content (AvgIpc) is 2.84. The summed E-state index contributed by atoms with van der Waals surface area (Å²) in [4.78, 5) is 32.4. The van der Waals surface area contributed by atoms with Gasteiger partial charge in [-0.25, -0.2) is 9.78 Å². The summed E-state index contributed by atoms with van der Waals surface area (Å²) in [6.07, 6.45) is 0. The smallest absolute Gasteiger partial charge is 0.333 e. The van der Waals surface area contributed by atoms with E-state index in [-0.39, 0.29) is 5.91 Å². The molecule has 0 radical (unpaired) electrons. The van der Waals surface area contributed by atoms with Crippen LogP contribution in [0.5, 0.6) is 0 Å². The fourth-order valence-corrected chi connectivity index (χ4v) is 3.68. The zero-order valence-corrected chi connectivity index (χ0v) is 17.4. The molecule has 0 aliphatic rings. The molecule has 1 unspecified atom stereocenters. The molecule has 5 heteroatoms. The van der Waals surface area contributed by atoms with Gasteiger partial charge in [-0.15, -0.1) is 0 Å². The van der Waals surface area contributed by atoms with Gasteiger partial charge in [-0.3, -0.25) is 4.79 Å². The van der Waals surface area contributed by atoms with Gasteiger partial charge in [0, 0.05) is 18.0 Å². The molecule has 0 aliphatic heterocycles. The first-order valence-corrected chi connectivity index (χ1v) is 9.95. The van der Waals surface area contributed by atoms with Crippen LogP contribution in [0, 0.1) is 0 Å². The molecule has 1 atom stereocenters. The van der Waals surface area contributed by atoms with Crippen molar-refractivity contribution in [2.24, 2.45) is 0 Å². The number of rotatable bonds is 5. The number of hydrogen-bond acceptors (Lipinski definition) is 4. The van der Waals surface area contributed by atoms with E-state index in [1.807, 2.05) is 84.9 Å². The summed E-state index contributed by atoms with van der Waals surface area (Å²) in [5.41, 5.74) is 3.50. The molecule has 0 aliphatic carbocycles. The molecule has 5 nitrogen and oxygen atoms in total. The van der Waals surface area contributed by atoms with Crippen LogP contribution in [0.1, 0.15) is 22.0 Å². The highest BCUT2D eigenvalue weighted by atomic mass is 16.5. The van der Waals surface area contributed by atoms with Gasteiger partial charge in [0.15, 0.2) is 6.04 Å². The Labute approximate surface area is 180 Å². The number of methoxy groups -OCH3 is 1. The number of carbonyl (C=O) groups excluding carboxylic acids is 2. The SMILES string of the molecule is COC(=O)C(c1ccccc1)N(C)C(=O)c1cc(-c2ccccc2)nc2ccccc12. The summed E-state index contributed by atoms with van der Waals surface area (Å²) in [6, 6.07) is 27.3. The van der Waals surface area contributed by atoms with E-state index >= 15 is 0 Å². The molecule has 31 heavy (non-hydrogen) atoms. The Morgan fingerprint density at radius 2 is 1.48 bits per heavy atom. The van der Waals surface area contributed by atoms with Crippen LogP contribution in [-0.2, 0) is 9.53 Å². The van der Waals surface area contributed by atoms with Crippen LogP contribution < -0.4 is 0 Å². The number of esters is 1. The molecule has 0 N–H and O–H groups in total. The molecule has 1 heterocycles. The van der Waals surface area contributed by atoms with Gasteiger partial charge in [0.25, 0.3) is 5.91 Å². The van der Waals surface area contributed by atoms with Crippen molar-refractivity contribution < 1.29 is 14.3 Å². The fourth-order valence-electron chi connectivity index (χ4n) is 3.68. The van der Waals surface area contributed by atoms with Gasteiger partial charge in [0.2, 0.25) is 0 Å². The summed E-state index contributed by atoms with van der Waals surface area (Å²) >= 11 is 0. The van der Waals surface area contributed by atoms with Crippen molar-refractivity contribution in [3.8, 4) is 11.3 Å². The summed E-state index contributed by atoms with van der Waals surface area (Å²) in [5.74, 6) is -0.779. The Balaban J connectivity index is 1.83. The van der Waals surface area contributed by atoms with E-state index in [0.29, 0.717) is 16.8 Å². The topological polar surface area (TPSA) is 59.5 Å². The summed E-state index contributed by atoms with van der Waals surface area (Å²) in [6.45, 7) is 0. The minimum absolute atomic E-state index is 0.282. The first-order chi connectivity index (χ1) is 15.1. The molecule has 4 aromatic rings. The van der Waals surface area contributed by atoms with E-state index in [1.165, 1.54) is 12.0 Å². The molecule has 3 aromatic carbocycles. The third kappa shape index (κ3) is 4.03. The lowest BCUT2D eigenvalue weighted by Crippen LogP contribution is -2.36. The van der Waals surface area contributed by atoms with E-state index in [0.717, 1.165) is 16.5 Å². The molecule has 154 valence electrons. The highest BCUT2D eigenvalue weighted by Gasteiger charge is 2.31. The van der Waals surface area contributed by atoms with Crippen molar-refractivity contribution in [1.29, 1.82) is 0 Å². The number of para-hydroxylation sites is 1. The predicted molar refractivity (Wildman–Crippen MR) is 120 cm³/mol. The summed E-state index contributed by atoms with van der Waals surface area (Å²) < 4.78 is 5.01. The lowest BCUT2D eigenvalue weighted by Gasteiger charge is -2.27.